The van der Waals surface area contributed by atoms with Crippen molar-refractivity contribution in [2.75, 3.05) is 5.32 Å². The summed E-state index contributed by atoms with van der Waals surface area (Å²) in [6, 6.07) is 0. The quantitative estimate of drug-likeness (QED) is 0.848. The van der Waals surface area contributed by atoms with E-state index < -0.39 is 0 Å². The summed E-state index contributed by atoms with van der Waals surface area (Å²) in [6.45, 7) is 3.77. The molecular weight excluding hydrogens is 294 g/mol. The number of carbonyl (C=O) groups is 1. The molecule has 1 fully saturated rings. The molecule has 1 aliphatic rings. The van der Waals surface area contributed by atoms with Gasteiger partial charge in [-0.3, -0.25) is 4.79 Å². The molecule has 1 aliphatic carbocycles. The smallest absolute Gasteiger partial charge is 0.229 e. The van der Waals surface area contributed by atoms with Gasteiger partial charge in [0.2, 0.25) is 5.91 Å². The summed E-state index contributed by atoms with van der Waals surface area (Å²) in [6.07, 6.45) is 2.53. The van der Waals surface area contributed by atoms with E-state index >= 15 is 0 Å². The Morgan fingerprint density at radius 1 is 1.55 bits per heavy atom. The first-order chi connectivity index (χ1) is 9.54. The number of carbonyl (C=O) groups excluding carboxylic acids is 1. The molecule has 5 nitrogen and oxygen atoms in total. The third kappa shape index (κ3) is 2.69. The maximum atomic E-state index is 12.2. The van der Waals surface area contributed by atoms with E-state index in [4.69, 9.17) is 16.7 Å². The fraction of sp³-hybridized carbons (Fsp3) is 0.462. The number of aromatic nitrogens is 2. The average Bonchev–Trinajstić information content (AvgIpc) is 3.09. The third-order valence-corrected chi connectivity index (χ3v) is 4.68. The largest absolute Gasteiger partial charge is 0.359 e. The van der Waals surface area contributed by atoms with Crippen LogP contribution in [-0.4, -0.2) is 16.0 Å². The van der Waals surface area contributed by atoms with E-state index in [1.54, 1.807) is 0 Å². The van der Waals surface area contributed by atoms with Gasteiger partial charge in [-0.05, 0) is 38.9 Å². The predicted molar refractivity (Wildman–Crippen MR) is 79.8 cm³/mol. The second-order valence-corrected chi connectivity index (χ2v) is 6.84. The molecule has 0 radical (unpaired) electrons. The van der Waals surface area contributed by atoms with Gasteiger partial charge in [0.15, 0.2) is 9.71 Å². The first-order valence-electron chi connectivity index (χ1n) is 6.49. The van der Waals surface area contributed by atoms with Crippen molar-refractivity contribution in [1.29, 1.82) is 0 Å². The topological polar surface area (TPSA) is 70.9 Å². The average molecular weight is 309 g/mol. The van der Waals surface area contributed by atoms with Gasteiger partial charge in [-0.15, -0.1) is 11.3 Å². The van der Waals surface area contributed by atoms with Gasteiger partial charge < -0.3 is 14.8 Å². The Morgan fingerprint density at radius 2 is 2.30 bits per heavy atom. The molecule has 2 aromatic rings. The molecule has 2 heterocycles. The number of thiazole rings is 1. The lowest BCUT2D eigenvalue weighted by molar-refractivity contribution is -0.115. The van der Waals surface area contributed by atoms with Crippen LogP contribution in [0.25, 0.3) is 0 Å². The number of amides is 1. The number of aryl methyl sites for hydroxylation is 2. The normalized spacial score (nSPS) is 14.5. The van der Waals surface area contributed by atoms with Crippen LogP contribution in [0.3, 0.4) is 0 Å². The lowest BCUT2D eigenvalue weighted by atomic mass is 10.2. The Balaban J connectivity index is 1.74. The molecule has 0 aliphatic heterocycles. The zero-order valence-electron chi connectivity index (χ0n) is 11.3. The molecule has 2 aromatic heterocycles. The van der Waals surface area contributed by atoms with Crippen molar-refractivity contribution in [1.82, 2.24) is 10.1 Å². The molecule has 7 heteroatoms. The van der Waals surface area contributed by atoms with Gasteiger partial charge in [0.25, 0.3) is 0 Å². The predicted octanol–water partition coefficient (Wildman–Crippen LogP) is 3.47. The van der Waals surface area contributed by atoms with Crippen LogP contribution in [0, 0.1) is 17.8 Å². The Morgan fingerprint density at radius 3 is 2.90 bits per heavy atom. The van der Waals surface area contributed by atoms with E-state index in [9.17, 15) is 4.79 Å². The van der Waals surface area contributed by atoms with Crippen LogP contribution in [0.1, 0.15) is 40.8 Å². The van der Waals surface area contributed by atoms with Crippen molar-refractivity contribution in [3.05, 3.63) is 26.0 Å². The molecular formula is C13H15N3O2S2. The summed E-state index contributed by atoms with van der Waals surface area (Å²) in [5.41, 5.74) is 2.44. The van der Waals surface area contributed by atoms with E-state index in [-0.39, 0.29) is 5.91 Å². The van der Waals surface area contributed by atoms with E-state index in [1.165, 1.54) is 11.3 Å². The SMILES string of the molecule is Cc1noc(C2CC2)c1NC(=O)Cc1sc(=S)[nH]c1C. The number of rotatable bonds is 4. The lowest BCUT2D eigenvalue weighted by Gasteiger charge is -2.04. The summed E-state index contributed by atoms with van der Waals surface area (Å²) < 4.78 is 6.01. The Hall–Kier alpha value is -1.47. The Labute approximate surface area is 125 Å². The van der Waals surface area contributed by atoms with Gasteiger partial charge in [0.05, 0.1) is 6.42 Å². The number of aromatic amines is 1. The summed E-state index contributed by atoms with van der Waals surface area (Å²) in [7, 11) is 0. The number of nitrogens with one attached hydrogen (secondary N) is 2. The number of anilines is 1. The van der Waals surface area contributed by atoms with Crippen molar-refractivity contribution in [3.8, 4) is 0 Å². The van der Waals surface area contributed by atoms with Crippen molar-refractivity contribution in [3.63, 3.8) is 0 Å². The highest BCUT2D eigenvalue weighted by Crippen LogP contribution is 2.44. The van der Waals surface area contributed by atoms with Crippen LogP contribution in [0.15, 0.2) is 4.52 Å². The minimum absolute atomic E-state index is 0.0634. The van der Waals surface area contributed by atoms with Crippen LogP contribution in [-0.2, 0) is 11.2 Å². The summed E-state index contributed by atoms with van der Waals surface area (Å²) in [4.78, 5) is 16.2. The molecule has 0 atom stereocenters. The number of H-pyrrole nitrogens is 1. The number of hydrogen-bond donors (Lipinski definition) is 2. The fourth-order valence-corrected chi connectivity index (χ4v) is 3.39. The highest BCUT2D eigenvalue weighted by Gasteiger charge is 2.32. The van der Waals surface area contributed by atoms with Crippen LogP contribution in [0.4, 0.5) is 5.69 Å². The van der Waals surface area contributed by atoms with Crippen molar-refractivity contribution in [2.24, 2.45) is 0 Å². The van der Waals surface area contributed by atoms with Crippen LogP contribution in [0.5, 0.6) is 0 Å². The van der Waals surface area contributed by atoms with Gasteiger partial charge in [-0.2, -0.15) is 0 Å². The number of nitrogens with zero attached hydrogens (tertiary/aromatic N) is 1. The molecule has 1 saturated carbocycles. The first kappa shape index (κ1) is 13.5. The van der Waals surface area contributed by atoms with E-state index in [0.29, 0.717) is 16.3 Å². The van der Waals surface area contributed by atoms with E-state index in [2.05, 4.69) is 15.5 Å². The molecule has 3 rings (SSSR count). The van der Waals surface area contributed by atoms with Gasteiger partial charge in [-0.25, -0.2) is 0 Å². The van der Waals surface area contributed by atoms with Crippen molar-refractivity contribution in [2.45, 2.75) is 39.0 Å². The fourth-order valence-electron chi connectivity index (χ4n) is 2.10. The molecule has 106 valence electrons. The van der Waals surface area contributed by atoms with E-state index in [0.717, 1.165) is 40.6 Å². The Bertz CT molecular complexity index is 710. The Kier molecular flexibility index (Phi) is 3.47. The second-order valence-electron chi connectivity index (χ2n) is 5.07. The summed E-state index contributed by atoms with van der Waals surface area (Å²) in [5, 5.41) is 6.88. The molecule has 0 unspecified atom stereocenters. The highest BCUT2D eigenvalue weighted by molar-refractivity contribution is 7.73. The van der Waals surface area contributed by atoms with Crippen LogP contribution < -0.4 is 5.32 Å². The van der Waals surface area contributed by atoms with Crippen molar-refractivity contribution < 1.29 is 9.32 Å². The zero-order valence-corrected chi connectivity index (χ0v) is 12.9. The van der Waals surface area contributed by atoms with Gasteiger partial charge in [0.1, 0.15) is 11.4 Å². The van der Waals surface area contributed by atoms with E-state index in [1.807, 2.05) is 13.8 Å². The zero-order chi connectivity index (χ0) is 14.3. The molecule has 2 N–H and O–H groups in total. The molecule has 0 bridgehead atoms. The van der Waals surface area contributed by atoms with Gasteiger partial charge >= 0.3 is 0 Å². The second kappa shape index (κ2) is 5.14. The standard InChI is InChI=1S/C13H15N3O2S2/c1-6-9(20-13(19)14-6)5-10(17)15-11-7(2)16-18-12(11)8-3-4-8/h8H,3-5H2,1-2H3,(H,14,19)(H,15,17). The molecule has 0 spiro atoms. The minimum atomic E-state index is -0.0634. The molecule has 0 aromatic carbocycles. The summed E-state index contributed by atoms with van der Waals surface area (Å²) >= 11 is 6.52. The maximum Gasteiger partial charge on any atom is 0.229 e. The van der Waals surface area contributed by atoms with Crippen LogP contribution >= 0.6 is 23.6 Å². The molecule has 20 heavy (non-hydrogen) atoms. The maximum absolute atomic E-state index is 12.2. The first-order valence-corrected chi connectivity index (χ1v) is 7.71. The van der Waals surface area contributed by atoms with Crippen LogP contribution in [0.2, 0.25) is 0 Å². The third-order valence-electron chi connectivity index (χ3n) is 3.35. The van der Waals surface area contributed by atoms with Gasteiger partial charge in [0, 0.05) is 16.5 Å². The highest BCUT2D eigenvalue weighted by atomic mass is 32.1. The summed E-state index contributed by atoms with van der Waals surface area (Å²) in [5.74, 6) is 1.17. The monoisotopic (exact) mass is 309 g/mol. The minimum Gasteiger partial charge on any atom is -0.359 e. The lowest BCUT2D eigenvalue weighted by Crippen LogP contribution is -2.15. The molecule has 1 amide bonds. The number of hydrogen-bond acceptors (Lipinski definition) is 5. The molecule has 0 saturated heterocycles. The van der Waals surface area contributed by atoms with Crippen molar-refractivity contribution >= 4 is 35.1 Å². The van der Waals surface area contributed by atoms with Gasteiger partial charge in [-0.1, -0.05) is 5.16 Å².